The van der Waals surface area contributed by atoms with Crippen molar-refractivity contribution in [3.05, 3.63) is 55.7 Å². The molecule has 0 aliphatic carbocycles. The third-order valence-electron chi connectivity index (χ3n) is 3.59. The van der Waals surface area contributed by atoms with E-state index in [2.05, 4.69) is 16.8 Å². The van der Waals surface area contributed by atoms with Crippen LogP contribution in [0.4, 0.5) is 0 Å². The first-order valence-corrected chi connectivity index (χ1v) is 8.12. The first-order chi connectivity index (χ1) is 9.70. The zero-order valence-electron chi connectivity index (χ0n) is 11.0. The second-order valence-electron chi connectivity index (χ2n) is 4.85. The molecule has 2 nitrogen and oxygen atoms in total. The number of likely N-dealkylation sites (N-methyl/N-ethyl adjacent to an activating group) is 1. The van der Waals surface area contributed by atoms with Crippen molar-refractivity contribution < 1.29 is 4.74 Å². The molecule has 0 amide bonds. The lowest BCUT2D eigenvalue weighted by atomic mass is 9.89. The van der Waals surface area contributed by atoms with E-state index >= 15 is 0 Å². The van der Waals surface area contributed by atoms with Crippen molar-refractivity contribution in [1.29, 1.82) is 0 Å². The molecule has 5 heteroatoms. The van der Waals surface area contributed by atoms with Crippen molar-refractivity contribution in [3.63, 3.8) is 0 Å². The Morgan fingerprint density at radius 3 is 2.90 bits per heavy atom. The number of ether oxygens (including phenoxy) is 1. The van der Waals surface area contributed by atoms with Crippen LogP contribution in [0.1, 0.15) is 28.0 Å². The molecule has 0 fully saturated rings. The molecule has 0 bridgehead atoms. The second-order valence-corrected chi connectivity index (χ2v) is 6.61. The SMILES string of the molecule is CNC[C@@H]1OC[C@@H](c2ccc(Cl)c(Cl)c2)c2ccsc21. The predicted octanol–water partition coefficient (Wildman–Crippen LogP) is 4.48. The minimum Gasteiger partial charge on any atom is -0.370 e. The van der Waals surface area contributed by atoms with E-state index in [9.17, 15) is 0 Å². The molecule has 1 aliphatic rings. The van der Waals surface area contributed by atoms with Crippen LogP contribution in [0.5, 0.6) is 0 Å². The monoisotopic (exact) mass is 327 g/mol. The lowest BCUT2D eigenvalue weighted by molar-refractivity contribution is 0.0383. The van der Waals surface area contributed by atoms with Gasteiger partial charge in [0.05, 0.1) is 16.7 Å². The highest BCUT2D eigenvalue weighted by Gasteiger charge is 2.29. The van der Waals surface area contributed by atoms with Gasteiger partial charge in [-0.2, -0.15) is 0 Å². The molecular weight excluding hydrogens is 313 g/mol. The van der Waals surface area contributed by atoms with E-state index in [-0.39, 0.29) is 12.0 Å². The number of halogens is 2. The Morgan fingerprint density at radius 1 is 1.30 bits per heavy atom. The van der Waals surface area contributed by atoms with Gasteiger partial charge in [-0.3, -0.25) is 0 Å². The molecule has 1 N–H and O–H groups in total. The normalized spacial score (nSPS) is 21.8. The summed E-state index contributed by atoms with van der Waals surface area (Å²) in [5, 5.41) is 6.50. The van der Waals surface area contributed by atoms with Crippen LogP contribution in [-0.2, 0) is 4.74 Å². The molecule has 0 radical (unpaired) electrons. The Hall–Kier alpha value is -0.580. The van der Waals surface area contributed by atoms with Gasteiger partial charge in [0.2, 0.25) is 0 Å². The van der Waals surface area contributed by atoms with Crippen molar-refractivity contribution >= 4 is 34.5 Å². The van der Waals surface area contributed by atoms with Crippen molar-refractivity contribution in [2.24, 2.45) is 0 Å². The highest BCUT2D eigenvalue weighted by Crippen LogP contribution is 2.41. The lowest BCUT2D eigenvalue weighted by Gasteiger charge is -2.29. The van der Waals surface area contributed by atoms with Crippen LogP contribution < -0.4 is 5.32 Å². The second kappa shape index (κ2) is 6.04. The van der Waals surface area contributed by atoms with Crippen LogP contribution >= 0.6 is 34.5 Å². The summed E-state index contributed by atoms with van der Waals surface area (Å²) in [5.74, 6) is 0.235. The van der Waals surface area contributed by atoms with Crippen molar-refractivity contribution in [2.75, 3.05) is 20.2 Å². The van der Waals surface area contributed by atoms with Crippen LogP contribution in [0.25, 0.3) is 0 Å². The van der Waals surface area contributed by atoms with Gasteiger partial charge in [-0.15, -0.1) is 11.3 Å². The number of nitrogens with one attached hydrogen (secondary N) is 1. The fourth-order valence-corrected chi connectivity index (χ4v) is 3.92. The summed E-state index contributed by atoms with van der Waals surface area (Å²) in [5.41, 5.74) is 2.50. The average Bonchev–Trinajstić information content (AvgIpc) is 2.92. The Balaban J connectivity index is 1.96. The minimum atomic E-state index is 0.147. The molecule has 0 unspecified atom stereocenters. The molecule has 106 valence electrons. The predicted molar refractivity (Wildman–Crippen MR) is 85.2 cm³/mol. The van der Waals surface area contributed by atoms with Crippen molar-refractivity contribution in [3.8, 4) is 0 Å². The lowest BCUT2D eigenvalue weighted by Crippen LogP contribution is -2.26. The maximum Gasteiger partial charge on any atom is 0.104 e. The largest absolute Gasteiger partial charge is 0.370 e. The minimum absolute atomic E-state index is 0.147. The number of thiophene rings is 1. The van der Waals surface area contributed by atoms with Crippen LogP contribution in [0.2, 0.25) is 10.0 Å². The molecule has 0 saturated carbocycles. The van der Waals surface area contributed by atoms with E-state index in [4.69, 9.17) is 27.9 Å². The Labute approximate surface area is 132 Å². The van der Waals surface area contributed by atoms with E-state index in [1.165, 1.54) is 10.4 Å². The third kappa shape index (κ3) is 2.61. The summed E-state index contributed by atoms with van der Waals surface area (Å²) >= 11 is 13.9. The van der Waals surface area contributed by atoms with Crippen LogP contribution in [0.3, 0.4) is 0 Å². The van der Waals surface area contributed by atoms with Gasteiger partial charge in [-0.1, -0.05) is 29.3 Å². The highest BCUT2D eigenvalue weighted by atomic mass is 35.5. The summed E-state index contributed by atoms with van der Waals surface area (Å²) in [4.78, 5) is 1.31. The summed E-state index contributed by atoms with van der Waals surface area (Å²) in [6.07, 6.45) is 0.147. The topological polar surface area (TPSA) is 21.3 Å². The molecule has 1 aromatic carbocycles. The van der Waals surface area contributed by atoms with Crippen molar-refractivity contribution in [2.45, 2.75) is 12.0 Å². The molecule has 3 rings (SSSR count). The van der Waals surface area contributed by atoms with Gasteiger partial charge in [0.15, 0.2) is 0 Å². The number of benzene rings is 1. The summed E-state index contributed by atoms with van der Waals surface area (Å²) in [6, 6.07) is 8.02. The van der Waals surface area contributed by atoms with Gasteiger partial charge in [0.1, 0.15) is 6.10 Å². The fourth-order valence-electron chi connectivity index (χ4n) is 2.60. The Kier molecular flexibility index (Phi) is 4.34. The van der Waals surface area contributed by atoms with Gasteiger partial charge >= 0.3 is 0 Å². The quantitative estimate of drug-likeness (QED) is 0.897. The number of hydrogen-bond donors (Lipinski definition) is 1. The van der Waals surface area contributed by atoms with Gasteiger partial charge in [0, 0.05) is 17.3 Å². The van der Waals surface area contributed by atoms with Crippen LogP contribution in [0.15, 0.2) is 29.6 Å². The average molecular weight is 328 g/mol. The molecule has 2 aromatic rings. The fraction of sp³-hybridized carbons (Fsp3) is 0.333. The summed E-state index contributed by atoms with van der Waals surface area (Å²) in [6.45, 7) is 1.51. The molecular formula is C15H15Cl2NOS. The molecule has 1 aromatic heterocycles. The molecule has 1 aliphatic heterocycles. The van der Waals surface area contributed by atoms with Crippen molar-refractivity contribution in [1.82, 2.24) is 5.32 Å². The van der Waals surface area contributed by atoms with E-state index in [0.29, 0.717) is 16.7 Å². The zero-order valence-corrected chi connectivity index (χ0v) is 13.4. The summed E-state index contributed by atoms with van der Waals surface area (Å²) < 4.78 is 6.01. The smallest absolute Gasteiger partial charge is 0.104 e. The first kappa shape index (κ1) is 14.4. The van der Waals surface area contributed by atoms with Gasteiger partial charge in [-0.25, -0.2) is 0 Å². The molecule has 0 spiro atoms. The number of hydrogen-bond acceptors (Lipinski definition) is 3. The van der Waals surface area contributed by atoms with E-state index < -0.39 is 0 Å². The molecule has 2 atom stereocenters. The van der Waals surface area contributed by atoms with E-state index in [1.54, 1.807) is 11.3 Å². The summed E-state index contributed by atoms with van der Waals surface area (Å²) in [7, 11) is 1.95. The zero-order chi connectivity index (χ0) is 14.1. The van der Waals surface area contributed by atoms with E-state index in [0.717, 1.165) is 12.1 Å². The number of fused-ring (bicyclic) bond motifs is 1. The molecule has 2 heterocycles. The highest BCUT2D eigenvalue weighted by molar-refractivity contribution is 7.10. The Morgan fingerprint density at radius 2 is 2.15 bits per heavy atom. The van der Waals surface area contributed by atoms with Gasteiger partial charge in [-0.05, 0) is 41.8 Å². The Bertz CT molecular complexity index is 614. The molecule has 20 heavy (non-hydrogen) atoms. The standard InChI is InChI=1S/C15H15Cl2NOS/c1-18-7-14-15-10(4-5-20-15)11(8-19-14)9-2-3-12(16)13(17)6-9/h2-6,11,14,18H,7-8H2,1H3/t11-,14-/m0/s1. The van der Waals surface area contributed by atoms with Crippen LogP contribution in [-0.4, -0.2) is 20.2 Å². The maximum atomic E-state index is 6.13. The molecule has 0 saturated heterocycles. The van der Waals surface area contributed by atoms with E-state index in [1.807, 2.05) is 25.2 Å². The van der Waals surface area contributed by atoms with Gasteiger partial charge in [0.25, 0.3) is 0 Å². The van der Waals surface area contributed by atoms with Gasteiger partial charge < -0.3 is 10.1 Å². The maximum absolute atomic E-state index is 6.13. The van der Waals surface area contributed by atoms with Crippen LogP contribution in [0, 0.1) is 0 Å². The number of rotatable bonds is 3. The third-order valence-corrected chi connectivity index (χ3v) is 5.36. The first-order valence-electron chi connectivity index (χ1n) is 6.49.